The van der Waals surface area contributed by atoms with Gasteiger partial charge < -0.3 is 10.6 Å². The molecule has 3 aromatic rings. The zero-order valence-electron chi connectivity index (χ0n) is 15.8. The van der Waals surface area contributed by atoms with Gasteiger partial charge in [-0.25, -0.2) is 9.97 Å². The number of benzene rings is 2. The molecule has 142 valence electrons. The molecule has 0 spiro atoms. The van der Waals surface area contributed by atoms with Crippen LogP contribution in [0.4, 0.5) is 11.5 Å². The molecular weight excluding hydrogens is 348 g/mol. The van der Waals surface area contributed by atoms with E-state index in [1.807, 2.05) is 60.7 Å². The number of carbonyl (C=O) groups is 1. The van der Waals surface area contributed by atoms with Crippen molar-refractivity contribution in [1.29, 1.82) is 0 Å². The van der Waals surface area contributed by atoms with E-state index in [4.69, 9.17) is 0 Å². The van der Waals surface area contributed by atoms with Crippen LogP contribution < -0.4 is 10.6 Å². The zero-order chi connectivity index (χ0) is 19.2. The number of aromatic nitrogens is 2. The van der Waals surface area contributed by atoms with Crippen LogP contribution in [0.15, 0.2) is 66.9 Å². The Morgan fingerprint density at radius 2 is 1.75 bits per heavy atom. The summed E-state index contributed by atoms with van der Waals surface area (Å²) >= 11 is 0. The highest BCUT2D eigenvalue weighted by atomic mass is 16.1. The lowest BCUT2D eigenvalue weighted by Crippen LogP contribution is -2.36. The van der Waals surface area contributed by atoms with Crippen molar-refractivity contribution in [3.63, 3.8) is 0 Å². The van der Waals surface area contributed by atoms with E-state index in [-0.39, 0.29) is 5.91 Å². The third-order valence-electron chi connectivity index (χ3n) is 5.03. The first-order valence-corrected chi connectivity index (χ1v) is 9.84. The van der Waals surface area contributed by atoms with Crippen LogP contribution in [0, 0.1) is 0 Å². The zero-order valence-corrected chi connectivity index (χ0v) is 15.8. The van der Waals surface area contributed by atoms with Crippen LogP contribution in [-0.4, -0.2) is 21.9 Å². The van der Waals surface area contributed by atoms with E-state index in [2.05, 4.69) is 20.6 Å². The van der Waals surface area contributed by atoms with Crippen molar-refractivity contribution in [3.05, 3.63) is 72.4 Å². The molecule has 1 amide bonds. The highest BCUT2D eigenvalue weighted by molar-refractivity contribution is 5.95. The summed E-state index contributed by atoms with van der Waals surface area (Å²) in [6, 6.07) is 19.5. The summed E-state index contributed by atoms with van der Waals surface area (Å²) in [7, 11) is 0. The third kappa shape index (κ3) is 4.55. The fourth-order valence-electron chi connectivity index (χ4n) is 3.56. The smallest absolute Gasteiger partial charge is 0.251 e. The number of hydrogen-bond acceptors (Lipinski definition) is 4. The van der Waals surface area contributed by atoms with Crippen LogP contribution in [-0.2, 0) is 0 Å². The molecule has 1 fully saturated rings. The minimum atomic E-state index is -0.0109. The van der Waals surface area contributed by atoms with Crippen molar-refractivity contribution >= 4 is 17.4 Å². The Labute approximate surface area is 165 Å². The van der Waals surface area contributed by atoms with E-state index in [0.717, 1.165) is 24.1 Å². The largest absolute Gasteiger partial charge is 0.349 e. The summed E-state index contributed by atoms with van der Waals surface area (Å²) in [5, 5.41) is 6.45. The molecule has 0 bridgehead atoms. The Bertz CT molecular complexity index is 936. The molecule has 2 aromatic carbocycles. The Hall–Kier alpha value is -3.21. The lowest BCUT2D eigenvalue weighted by molar-refractivity contribution is 0.0928. The number of hydrogen-bond donors (Lipinski definition) is 2. The molecule has 4 rings (SSSR count). The molecule has 2 N–H and O–H groups in total. The molecule has 5 heteroatoms. The summed E-state index contributed by atoms with van der Waals surface area (Å²) in [6.07, 6.45) is 7.56. The molecule has 5 nitrogen and oxygen atoms in total. The van der Waals surface area contributed by atoms with Gasteiger partial charge in [0.15, 0.2) is 5.82 Å². The first-order chi connectivity index (χ1) is 13.8. The fourth-order valence-corrected chi connectivity index (χ4v) is 3.56. The molecule has 1 saturated carbocycles. The van der Waals surface area contributed by atoms with Crippen molar-refractivity contribution in [2.45, 2.75) is 38.1 Å². The van der Waals surface area contributed by atoms with E-state index in [1.165, 1.54) is 19.3 Å². The van der Waals surface area contributed by atoms with Crippen LogP contribution in [0.3, 0.4) is 0 Å². The van der Waals surface area contributed by atoms with Crippen molar-refractivity contribution in [1.82, 2.24) is 15.3 Å². The summed E-state index contributed by atoms with van der Waals surface area (Å²) < 4.78 is 0. The summed E-state index contributed by atoms with van der Waals surface area (Å²) in [5.41, 5.74) is 2.45. The molecule has 0 unspecified atom stereocenters. The molecule has 1 aromatic heterocycles. The van der Waals surface area contributed by atoms with E-state index in [9.17, 15) is 4.79 Å². The monoisotopic (exact) mass is 372 g/mol. The maximum Gasteiger partial charge on any atom is 0.251 e. The highest BCUT2D eigenvalue weighted by Crippen LogP contribution is 2.21. The number of nitrogens with one attached hydrogen (secondary N) is 2. The minimum absolute atomic E-state index is 0.0109. The summed E-state index contributed by atoms with van der Waals surface area (Å²) in [4.78, 5) is 21.5. The molecule has 0 radical (unpaired) electrons. The van der Waals surface area contributed by atoms with Gasteiger partial charge in [0.05, 0.1) is 0 Å². The standard InChI is InChI=1S/C23H24N4O/c28-23(26-19-11-5-2-6-12-19)18-10-7-13-20(16-18)25-21-14-15-24-22(27-21)17-8-3-1-4-9-17/h1,3-4,7-10,13-16,19H,2,5-6,11-12H2,(H,26,28)(H,24,25,27). The average molecular weight is 372 g/mol. The van der Waals surface area contributed by atoms with Gasteiger partial charge in [-0.05, 0) is 37.1 Å². The molecule has 0 aliphatic heterocycles. The van der Waals surface area contributed by atoms with Crippen LogP contribution in [0.2, 0.25) is 0 Å². The average Bonchev–Trinajstić information content (AvgIpc) is 2.75. The second-order valence-electron chi connectivity index (χ2n) is 7.15. The minimum Gasteiger partial charge on any atom is -0.349 e. The number of anilines is 2. The quantitative estimate of drug-likeness (QED) is 0.665. The normalized spacial score (nSPS) is 14.4. The van der Waals surface area contributed by atoms with Gasteiger partial charge in [0.1, 0.15) is 5.82 Å². The van der Waals surface area contributed by atoms with Crippen molar-refractivity contribution in [3.8, 4) is 11.4 Å². The number of amides is 1. The Balaban J connectivity index is 1.47. The van der Waals surface area contributed by atoms with Gasteiger partial charge >= 0.3 is 0 Å². The highest BCUT2D eigenvalue weighted by Gasteiger charge is 2.16. The molecule has 28 heavy (non-hydrogen) atoms. The van der Waals surface area contributed by atoms with Crippen LogP contribution in [0.5, 0.6) is 0 Å². The molecule has 0 saturated heterocycles. The topological polar surface area (TPSA) is 66.9 Å². The molecule has 1 aliphatic carbocycles. The van der Waals surface area contributed by atoms with Gasteiger partial charge in [0, 0.05) is 29.1 Å². The van der Waals surface area contributed by atoms with Gasteiger partial charge in [-0.1, -0.05) is 55.7 Å². The maximum atomic E-state index is 12.6. The lowest BCUT2D eigenvalue weighted by Gasteiger charge is -2.22. The first-order valence-electron chi connectivity index (χ1n) is 9.84. The first kappa shape index (κ1) is 18.2. The van der Waals surface area contributed by atoms with E-state index in [1.54, 1.807) is 6.20 Å². The van der Waals surface area contributed by atoms with Crippen LogP contribution >= 0.6 is 0 Å². The molecular formula is C23H24N4O. The van der Waals surface area contributed by atoms with E-state index in [0.29, 0.717) is 23.2 Å². The van der Waals surface area contributed by atoms with E-state index < -0.39 is 0 Å². The predicted molar refractivity (Wildman–Crippen MR) is 112 cm³/mol. The van der Waals surface area contributed by atoms with Crippen LogP contribution in [0.25, 0.3) is 11.4 Å². The number of rotatable bonds is 5. The van der Waals surface area contributed by atoms with Gasteiger partial charge in [0.2, 0.25) is 0 Å². The lowest BCUT2D eigenvalue weighted by atomic mass is 9.95. The van der Waals surface area contributed by atoms with Gasteiger partial charge in [0.25, 0.3) is 5.91 Å². The Morgan fingerprint density at radius 1 is 0.929 bits per heavy atom. The third-order valence-corrected chi connectivity index (χ3v) is 5.03. The van der Waals surface area contributed by atoms with Crippen LogP contribution in [0.1, 0.15) is 42.5 Å². The Kier molecular flexibility index (Phi) is 5.61. The SMILES string of the molecule is O=C(NC1CCCCC1)c1cccc(Nc2ccnc(-c3ccccc3)n2)c1. The molecule has 1 heterocycles. The molecule has 1 aliphatic rings. The fraction of sp³-hybridized carbons (Fsp3) is 0.261. The van der Waals surface area contributed by atoms with Gasteiger partial charge in [-0.2, -0.15) is 0 Å². The number of carbonyl (C=O) groups excluding carboxylic acids is 1. The maximum absolute atomic E-state index is 12.6. The second-order valence-corrected chi connectivity index (χ2v) is 7.15. The van der Waals surface area contributed by atoms with E-state index >= 15 is 0 Å². The van der Waals surface area contributed by atoms with Crippen molar-refractivity contribution in [2.24, 2.45) is 0 Å². The Morgan fingerprint density at radius 3 is 2.57 bits per heavy atom. The summed E-state index contributed by atoms with van der Waals surface area (Å²) in [5.74, 6) is 1.35. The van der Waals surface area contributed by atoms with Gasteiger partial charge in [-0.3, -0.25) is 4.79 Å². The number of nitrogens with zero attached hydrogens (tertiary/aromatic N) is 2. The van der Waals surface area contributed by atoms with Crippen molar-refractivity contribution < 1.29 is 4.79 Å². The summed E-state index contributed by atoms with van der Waals surface area (Å²) in [6.45, 7) is 0. The van der Waals surface area contributed by atoms with Gasteiger partial charge in [-0.15, -0.1) is 0 Å². The van der Waals surface area contributed by atoms with Crippen molar-refractivity contribution in [2.75, 3.05) is 5.32 Å². The predicted octanol–water partition coefficient (Wildman–Crippen LogP) is 4.95. The molecule has 0 atom stereocenters. The second kappa shape index (κ2) is 8.65.